The van der Waals surface area contributed by atoms with Crippen LogP contribution >= 0.6 is 23.2 Å². The molecular weight excluding hydrogens is 298 g/mol. The lowest BCUT2D eigenvalue weighted by molar-refractivity contribution is 0.593. The largest absolute Gasteiger partial charge is 0.350 e. The zero-order valence-electron chi connectivity index (χ0n) is 11.3. The van der Waals surface area contributed by atoms with Gasteiger partial charge in [-0.15, -0.1) is 11.6 Å². The second kappa shape index (κ2) is 6.42. The maximum atomic E-state index is 14.3. The molecule has 0 aliphatic rings. The average molecular weight is 313 g/mol. The fraction of sp³-hybridized carbons (Fsp3) is 0.267. The van der Waals surface area contributed by atoms with Crippen LogP contribution < -0.4 is 4.90 Å². The summed E-state index contributed by atoms with van der Waals surface area (Å²) in [5.74, 6) is 0.00910. The Morgan fingerprint density at radius 2 is 2.00 bits per heavy atom. The van der Waals surface area contributed by atoms with E-state index in [4.69, 9.17) is 23.2 Å². The van der Waals surface area contributed by atoms with Gasteiger partial charge in [0.05, 0.1) is 11.9 Å². The molecule has 1 aromatic heterocycles. The van der Waals surface area contributed by atoms with Crippen molar-refractivity contribution in [3.05, 3.63) is 58.5 Å². The van der Waals surface area contributed by atoms with Crippen LogP contribution in [0, 0.1) is 5.82 Å². The second-order valence-corrected chi connectivity index (χ2v) is 5.22. The van der Waals surface area contributed by atoms with Crippen molar-refractivity contribution in [2.45, 2.75) is 18.8 Å². The molecule has 2 rings (SSSR count). The van der Waals surface area contributed by atoms with Gasteiger partial charge in [0.1, 0.15) is 0 Å². The lowest BCUT2D eigenvalue weighted by Gasteiger charge is -2.27. The summed E-state index contributed by atoms with van der Waals surface area (Å²) in [6, 6.07) is 9.00. The molecule has 0 bridgehead atoms. The van der Waals surface area contributed by atoms with Crippen LogP contribution in [0.25, 0.3) is 0 Å². The lowest BCUT2D eigenvalue weighted by atomic mass is 10.1. The van der Waals surface area contributed by atoms with E-state index in [9.17, 15) is 4.39 Å². The van der Waals surface area contributed by atoms with Crippen LogP contribution in [0.5, 0.6) is 0 Å². The number of alkyl halides is 1. The highest BCUT2D eigenvalue weighted by Crippen LogP contribution is 2.31. The predicted molar refractivity (Wildman–Crippen MR) is 82.0 cm³/mol. The molecule has 106 valence electrons. The van der Waals surface area contributed by atoms with Gasteiger partial charge in [0, 0.05) is 23.8 Å². The summed E-state index contributed by atoms with van der Waals surface area (Å²) in [6.45, 7) is 1.95. The zero-order valence-corrected chi connectivity index (χ0v) is 12.8. The van der Waals surface area contributed by atoms with Crippen LogP contribution in [0.2, 0.25) is 5.02 Å². The van der Waals surface area contributed by atoms with Gasteiger partial charge in [0.15, 0.2) is 11.6 Å². The van der Waals surface area contributed by atoms with Gasteiger partial charge in [0.2, 0.25) is 0 Å². The molecule has 0 saturated heterocycles. The van der Waals surface area contributed by atoms with E-state index in [1.54, 1.807) is 24.2 Å². The fourth-order valence-corrected chi connectivity index (χ4v) is 2.53. The van der Waals surface area contributed by atoms with Crippen molar-refractivity contribution in [1.29, 1.82) is 0 Å². The number of rotatable bonds is 4. The highest BCUT2D eigenvalue weighted by Gasteiger charge is 2.20. The third-order valence-electron chi connectivity index (χ3n) is 3.37. The Bertz CT molecular complexity index is 604. The Labute approximate surface area is 128 Å². The minimum Gasteiger partial charge on any atom is -0.350 e. The van der Waals surface area contributed by atoms with E-state index in [0.717, 1.165) is 5.56 Å². The van der Waals surface area contributed by atoms with Crippen molar-refractivity contribution in [3.8, 4) is 0 Å². The van der Waals surface area contributed by atoms with Crippen LogP contribution in [-0.4, -0.2) is 12.0 Å². The van der Waals surface area contributed by atoms with Crippen molar-refractivity contribution in [3.63, 3.8) is 0 Å². The molecule has 2 aromatic rings. The predicted octanol–water partition coefficient (Wildman–Crippen LogP) is 4.81. The standard InChI is InChI=1S/C15H15Cl2FN2/c1-10(12-5-3-4-6-13(12)17)20(2)15-14(18)11(9-16)7-8-19-15/h3-8,10H,9H2,1-2H3. The number of pyridine rings is 1. The van der Waals surface area contributed by atoms with Crippen molar-refractivity contribution < 1.29 is 4.39 Å². The Morgan fingerprint density at radius 1 is 1.30 bits per heavy atom. The third-order valence-corrected chi connectivity index (χ3v) is 4.00. The van der Waals surface area contributed by atoms with Gasteiger partial charge in [-0.05, 0) is 24.6 Å². The van der Waals surface area contributed by atoms with E-state index in [-0.39, 0.29) is 23.6 Å². The molecule has 2 nitrogen and oxygen atoms in total. The quantitative estimate of drug-likeness (QED) is 0.753. The van der Waals surface area contributed by atoms with Crippen LogP contribution in [0.15, 0.2) is 36.5 Å². The van der Waals surface area contributed by atoms with Crippen LogP contribution in [0.3, 0.4) is 0 Å². The summed E-state index contributed by atoms with van der Waals surface area (Å²) >= 11 is 11.9. The van der Waals surface area contributed by atoms with E-state index in [2.05, 4.69) is 4.98 Å². The van der Waals surface area contributed by atoms with E-state index >= 15 is 0 Å². The first-order chi connectivity index (χ1) is 9.56. The molecule has 0 aliphatic carbocycles. The maximum absolute atomic E-state index is 14.3. The Kier molecular flexibility index (Phi) is 4.84. The smallest absolute Gasteiger partial charge is 0.170 e. The number of nitrogens with zero attached hydrogens (tertiary/aromatic N) is 2. The number of hydrogen-bond donors (Lipinski definition) is 0. The summed E-state index contributed by atoms with van der Waals surface area (Å²) in [5.41, 5.74) is 1.36. The molecule has 0 aliphatic heterocycles. The highest BCUT2D eigenvalue weighted by molar-refractivity contribution is 6.31. The number of aromatic nitrogens is 1. The molecule has 1 atom stereocenters. The summed E-state index contributed by atoms with van der Waals surface area (Å²) in [5, 5.41) is 0.653. The van der Waals surface area contributed by atoms with E-state index in [1.165, 1.54) is 0 Å². The number of benzene rings is 1. The third kappa shape index (κ3) is 2.89. The van der Waals surface area contributed by atoms with E-state index < -0.39 is 0 Å². The molecule has 0 radical (unpaired) electrons. The Balaban J connectivity index is 2.36. The molecule has 1 aromatic carbocycles. The topological polar surface area (TPSA) is 16.1 Å². The van der Waals surface area contributed by atoms with Crippen LogP contribution in [-0.2, 0) is 5.88 Å². The van der Waals surface area contributed by atoms with Gasteiger partial charge in [-0.25, -0.2) is 9.37 Å². The second-order valence-electron chi connectivity index (χ2n) is 4.55. The first-order valence-electron chi connectivity index (χ1n) is 6.22. The van der Waals surface area contributed by atoms with Gasteiger partial charge < -0.3 is 4.90 Å². The minimum absolute atomic E-state index is 0.101. The highest BCUT2D eigenvalue weighted by atomic mass is 35.5. The van der Waals surface area contributed by atoms with Crippen molar-refractivity contribution in [1.82, 2.24) is 4.98 Å². The molecule has 0 amide bonds. The Hall–Kier alpha value is -1.32. The number of halogens is 3. The number of hydrogen-bond acceptors (Lipinski definition) is 2. The summed E-state index contributed by atoms with van der Waals surface area (Å²) in [4.78, 5) is 5.87. The SMILES string of the molecule is CC(c1ccccc1Cl)N(C)c1nccc(CCl)c1F. The monoisotopic (exact) mass is 312 g/mol. The zero-order chi connectivity index (χ0) is 14.7. The maximum Gasteiger partial charge on any atom is 0.170 e. The van der Waals surface area contributed by atoms with Gasteiger partial charge >= 0.3 is 0 Å². The molecule has 0 spiro atoms. The van der Waals surface area contributed by atoms with E-state index in [1.807, 2.05) is 31.2 Å². The Morgan fingerprint density at radius 3 is 2.65 bits per heavy atom. The van der Waals surface area contributed by atoms with Gasteiger partial charge in [-0.2, -0.15) is 0 Å². The fourth-order valence-electron chi connectivity index (χ4n) is 2.03. The summed E-state index contributed by atoms with van der Waals surface area (Å²) < 4.78 is 14.3. The first kappa shape index (κ1) is 15.1. The lowest BCUT2D eigenvalue weighted by Crippen LogP contribution is -2.24. The summed E-state index contributed by atoms with van der Waals surface area (Å²) in [6.07, 6.45) is 1.56. The van der Waals surface area contributed by atoms with Crippen molar-refractivity contribution in [2.75, 3.05) is 11.9 Å². The molecule has 1 unspecified atom stereocenters. The van der Waals surface area contributed by atoms with Crippen molar-refractivity contribution >= 4 is 29.0 Å². The van der Waals surface area contributed by atoms with Crippen LogP contribution in [0.4, 0.5) is 10.2 Å². The van der Waals surface area contributed by atoms with E-state index in [0.29, 0.717) is 10.6 Å². The average Bonchev–Trinajstić information content (AvgIpc) is 2.46. The van der Waals surface area contributed by atoms with Gasteiger partial charge in [0.25, 0.3) is 0 Å². The van der Waals surface area contributed by atoms with Crippen molar-refractivity contribution in [2.24, 2.45) is 0 Å². The van der Waals surface area contributed by atoms with Gasteiger partial charge in [-0.1, -0.05) is 29.8 Å². The number of anilines is 1. The summed E-state index contributed by atoms with van der Waals surface area (Å²) in [7, 11) is 1.79. The molecule has 1 heterocycles. The molecule has 0 fully saturated rings. The molecule has 0 saturated carbocycles. The molecule has 20 heavy (non-hydrogen) atoms. The molecule has 0 N–H and O–H groups in total. The minimum atomic E-state index is -0.385. The first-order valence-corrected chi connectivity index (χ1v) is 7.14. The normalized spacial score (nSPS) is 12.2. The van der Waals surface area contributed by atoms with Crippen LogP contribution in [0.1, 0.15) is 24.1 Å². The molecular formula is C15H15Cl2FN2. The van der Waals surface area contributed by atoms with Gasteiger partial charge in [-0.3, -0.25) is 0 Å². The molecule has 5 heteroatoms.